The number of esters is 1. The van der Waals surface area contributed by atoms with Gasteiger partial charge in [0.1, 0.15) is 11.5 Å². The maximum atomic E-state index is 13.7. The largest absolute Gasteiger partial charge is 0.497 e. The molecule has 0 radical (unpaired) electrons. The van der Waals surface area contributed by atoms with Crippen LogP contribution in [0.2, 0.25) is 0 Å². The molecule has 0 aliphatic heterocycles. The van der Waals surface area contributed by atoms with Crippen molar-refractivity contribution in [3.8, 4) is 11.5 Å². The molecule has 2 aromatic carbocycles. The van der Waals surface area contributed by atoms with E-state index < -0.39 is 5.41 Å². The highest BCUT2D eigenvalue weighted by Crippen LogP contribution is 2.39. The lowest BCUT2D eigenvalue weighted by molar-refractivity contribution is -0.134. The van der Waals surface area contributed by atoms with Crippen molar-refractivity contribution >= 4 is 22.8 Å². The summed E-state index contributed by atoms with van der Waals surface area (Å²) in [6, 6.07) is 9.80. The zero-order valence-corrected chi connectivity index (χ0v) is 22.3. The zero-order chi connectivity index (χ0) is 25.9. The fraction of sp³-hybridized carbons (Fsp3) is 0.448. The molecule has 0 amide bonds. The number of aromatic nitrogens is 1. The molecule has 0 saturated heterocycles. The van der Waals surface area contributed by atoms with Gasteiger partial charge in [-0.15, -0.1) is 0 Å². The van der Waals surface area contributed by atoms with Crippen molar-refractivity contribution in [3.05, 3.63) is 58.8 Å². The number of carbonyl (C=O) groups excluding carboxylic acids is 2. The average Bonchev–Trinajstić information content (AvgIpc) is 3.14. The Bertz CT molecular complexity index is 1240. The Morgan fingerprint density at radius 1 is 1.09 bits per heavy atom. The van der Waals surface area contributed by atoms with E-state index in [4.69, 9.17) is 9.47 Å². The van der Waals surface area contributed by atoms with Crippen molar-refractivity contribution in [1.82, 2.24) is 9.47 Å². The van der Waals surface area contributed by atoms with E-state index in [1.54, 1.807) is 18.6 Å². The first-order valence-corrected chi connectivity index (χ1v) is 12.1. The minimum atomic E-state index is -0.551. The molecule has 3 rings (SSSR count). The van der Waals surface area contributed by atoms with Gasteiger partial charge < -0.3 is 14.4 Å². The molecule has 3 aromatic rings. The van der Waals surface area contributed by atoms with Gasteiger partial charge >= 0.3 is 5.97 Å². The molecule has 0 bridgehead atoms. The molecule has 0 saturated carbocycles. The predicted octanol–water partition coefficient (Wildman–Crippen LogP) is 5.69. The van der Waals surface area contributed by atoms with Gasteiger partial charge in [-0.1, -0.05) is 26.8 Å². The topological polar surface area (TPSA) is 60.8 Å². The van der Waals surface area contributed by atoms with Gasteiger partial charge in [-0.2, -0.15) is 0 Å². The Morgan fingerprint density at radius 2 is 1.80 bits per heavy atom. The minimum absolute atomic E-state index is 0.00554. The summed E-state index contributed by atoms with van der Waals surface area (Å²) in [6.45, 7) is 10.7. The van der Waals surface area contributed by atoms with Crippen molar-refractivity contribution in [2.75, 3.05) is 27.7 Å². The molecule has 1 aromatic heterocycles. The Morgan fingerprint density at radius 3 is 2.43 bits per heavy atom. The van der Waals surface area contributed by atoms with Gasteiger partial charge in [0.2, 0.25) is 5.91 Å². The summed E-state index contributed by atoms with van der Waals surface area (Å²) in [5.74, 6) is 1.02. The number of hydrogen-bond donors (Lipinski definition) is 0. The molecule has 6 nitrogen and oxygen atoms in total. The number of ether oxygens (including phenoxy) is 2. The summed E-state index contributed by atoms with van der Waals surface area (Å²) in [7, 11) is 5.73. The first-order valence-electron chi connectivity index (χ1n) is 12.1. The SMILES string of the molecule is CCC(=O)Oc1cc(C)cc(C)c1C(C)(C)CC(=O)n1cc(CCN(C)C)c2cc(OC)ccc21. The second-order valence-electron chi connectivity index (χ2n) is 10.2. The summed E-state index contributed by atoms with van der Waals surface area (Å²) in [5.41, 5.74) is 4.36. The van der Waals surface area contributed by atoms with E-state index in [1.807, 2.05) is 72.3 Å². The third kappa shape index (κ3) is 5.93. The van der Waals surface area contributed by atoms with Crippen molar-refractivity contribution in [1.29, 1.82) is 0 Å². The van der Waals surface area contributed by atoms with Gasteiger partial charge in [0, 0.05) is 41.9 Å². The summed E-state index contributed by atoms with van der Waals surface area (Å²) in [5, 5.41) is 1.03. The third-order valence-corrected chi connectivity index (χ3v) is 6.42. The van der Waals surface area contributed by atoms with Crippen LogP contribution in [0.1, 0.15) is 60.7 Å². The van der Waals surface area contributed by atoms with Crippen molar-refractivity contribution in [2.45, 2.75) is 59.3 Å². The number of methoxy groups -OCH3 is 1. The molecule has 0 atom stereocenters. The van der Waals surface area contributed by atoms with E-state index in [0.717, 1.165) is 51.9 Å². The van der Waals surface area contributed by atoms with E-state index in [-0.39, 0.29) is 18.3 Å². The van der Waals surface area contributed by atoms with Gasteiger partial charge in [0.25, 0.3) is 0 Å². The number of hydrogen-bond acceptors (Lipinski definition) is 5. The molecule has 188 valence electrons. The van der Waals surface area contributed by atoms with Crippen molar-refractivity contribution in [3.63, 3.8) is 0 Å². The number of fused-ring (bicyclic) bond motifs is 1. The number of carbonyl (C=O) groups is 2. The number of aryl methyl sites for hydroxylation is 2. The van der Waals surface area contributed by atoms with E-state index in [9.17, 15) is 9.59 Å². The molecule has 0 aliphatic carbocycles. The maximum absolute atomic E-state index is 13.7. The van der Waals surface area contributed by atoms with Crippen LogP contribution in [-0.2, 0) is 16.6 Å². The number of nitrogens with zero attached hydrogens (tertiary/aromatic N) is 2. The Balaban J connectivity index is 2.02. The molecule has 0 unspecified atom stereocenters. The molecule has 0 N–H and O–H groups in total. The highest BCUT2D eigenvalue weighted by Gasteiger charge is 2.31. The molecule has 1 heterocycles. The first kappa shape index (κ1) is 26.5. The van der Waals surface area contributed by atoms with Gasteiger partial charge in [-0.3, -0.25) is 14.2 Å². The first-order chi connectivity index (χ1) is 16.5. The predicted molar refractivity (Wildman–Crippen MR) is 141 cm³/mol. The monoisotopic (exact) mass is 478 g/mol. The summed E-state index contributed by atoms with van der Waals surface area (Å²) in [4.78, 5) is 28.0. The molecular weight excluding hydrogens is 440 g/mol. The number of rotatable bonds is 9. The summed E-state index contributed by atoms with van der Waals surface area (Å²) >= 11 is 0. The summed E-state index contributed by atoms with van der Waals surface area (Å²) < 4.78 is 12.9. The molecule has 6 heteroatoms. The molecule has 35 heavy (non-hydrogen) atoms. The maximum Gasteiger partial charge on any atom is 0.310 e. The molecular formula is C29H38N2O4. The van der Waals surface area contributed by atoms with Crippen LogP contribution in [0.5, 0.6) is 11.5 Å². The van der Waals surface area contributed by atoms with Crippen LogP contribution in [0.4, 0.5) is 0 Å². The Hall–Kier alpha value is -3.12. The number of likely N-dealkylation sites (N-methyl/N-ethyl adjacent to an activating group) is 1. The van der Waals surface area contributed by atoms with Crippen LogP contribution >= 0.6 is 0 Å². The third-order valence-electron chi connectivity index (χ3n) is 6.42. The van der Waals surface area contributed by atoms with E-state index in [2.05, 4.69) is 11.0 Å². The van der Waals surface area contributed by atoms with E-state index >= 15 is 0 Å². The lowest BCUT2D eigenvalue weighted by Crippen LogP contribution is -2.27. The van der Waals surface area contributed by atoms with Crippen LogP contribution in [0.3, 0.4) is 0 Å². The van der Waals surface area contributed by atoms with Gasteiger partial charge in [0.05, 0.1) is 12.6 Å². The quantitative estimate of drug-likeness (QED) is 0.292. The second-order valence-corrected chi connectivity index (χ2v) is 10.2. The zero-order valence-electron chi connectivity index (χ0n) is 22.3. The van der Waals surface area contributed by atoms with Crippen LogP contribution in [0, 0.1) is 13.8 Å². The van der Waals surface area contributed by atoms with Gasteiger partial charge in [-0.05, 0) is 75.3 Å². The normalized spacial score (nSPS) is 11.8. The Kier molecular flexibility index (Phi) is 8.06. The van der Waals surface area contributed by atoms with Crippen LogP contribution < -0.4 is 9.47 Å². The minimum Gasteiger partial charge on any atom is -0.497 e. The van der Waals surface area contributed by atoms with Crippen LogP contribution in [0.25, 0.3) is 10.9 Å². The molecule has 0 aliphatic rings. The van der Waals surface area contributed by atoms with E-state index in [0.29, 0.717) is 12.2 Å². The Labute approximate surface area is 208 Å². The van der Waals surface area contributed by atoms with Crippen LogP contribution in [-0.4, -0.2) is 49.1 Å². The smallest absolute Gasteiger partial charge is 0.310 e. The van der Waals surface area contributed by atoms with Crippen molar-refractivity contribution < 1.29 is 19.1 Å². The van der Waals surface area contributed by atoms with E-state index in [1.165, 1.54) is 0 Å². The fourth-order valence-electron chi connectivity index (χ4n) is 4.78. The molecule has 0 fully saturated rings. The second kappa shape index (κ2) is 10.6. The van der Waals surface area contributed by atoms with Crippen molar-refractivity contribution in [2.24, 2.45) is 0 Å². The highest BCUT2D eigenvalue weighted by molar-refractivity contribution is 5.95. The van der Waals surface area contributed by atoms with Gasteiger partial charge in [-0.25, -0.2) is 0 Å². The van der Waals surface area contributed by atoms with Crippen LogP contribution in [0.15, 0.2) is 36.5 Å². The number of benzene rings is 2. The fourth-order valence-corrected chi connectivity index (χ4v) is 4.78. The standard InChI is InChI=1S/C29H38N2O4/c1-9-27(33)35-25-15-19(2)14-20(3)28(25)29(4,5)17-26(32)31-18-21(12-13-30(6)7)23-16-22(34-8)10-11-24(23)31/h10-11,14-16,18H,9,12-13,17H2,1-8H3. The lowest BCUT2D eigenvalue weighted by atomic mass is 9.78. The summed E-state index contributed by atoms with van der Waals surface area (Å²) in [6.07, 6.45) is 3.34. The molecule has 0 spiro atoms. The lowest BCUT2D eigenvalue weighted by Gasteiger charge is -2.29. The highest BCUT2D eigenvalue weighted by atomic mass is 16.5. The average molecular weight is 479 g/mol. The van der Waals surface area contributed by atoms with Gasteiger partial charge in [0.15, 0.2) is 0 Å².